The van der Waals surface area contributed by atoms with E-state index in [2.05, 4.69) is 20.8 Å². The maximum atomic E-state index is 6.31. The molecule has 0 saturated heterocycles. The molecule has 2 nitrogen and oxygen atoms in total. The maximum absolute atomic E-state index is 6.31. The van der Waals surface area contributed by atoms with Crippen LogP contribution in [0.2, 0.25) is 5.02 Å². The number of nitrogens with two attached hydrogens (primary N) is 1. The first kappa shape index (κ1) is 15.3. The van der Waals surface area contributed by atoms with Crippen LogP contribution in [0, 0.1) is 19.8 Å². The molecule has 0 aliphatic rings. The molecule has 0 saturated carbocycles. The van der Waals surface area contributed by atoms with Crippen LogP contribution in [0.15, 0.2) is 6.07 Å². The topological polar surface area (TPSA) is 35.2 Å². The molecule has 1 atom stereocenters. The number of rotatable bonds is 5. The van der Waals surface area contributed by atoms with Gasteiger partial charge in [-0.25, -0.2) is 0 Å². The Bertz CT molecular complexity index is 415. The van der Waals surface area contributed by atoms with Gasteiger partial charge in [-0.15, -0.1) is 0 Å². The third-order valence-corrected chi connectivity index (χ3v) is 3.66. The van der Waals surface area contributed by atoms with Crippen LogP contribution in [0.25, 0.3) is 0 Å². The first-order chi connectivity index (χ1) is 8.38. The Morgan fingerprint density at radius 3 is 2.44 bits per heavy atom. The lowest BCUT2D eigenvalue weighted by molar-refractivity contribution is 0.266. The third-order valence-electron chi connectivity index (χ3n) is 3.08. The zero-order chi connectivity index (χ0) is 13.9. The molecule has 0 amide bonds. The molecule has 0 heterocycles. The van der Waals surface area contributed by atoms with Gasteiger partial charge < -0.3 is 10.5 Å². The predicted octanol–water partition coefficient (Wildman–Crippen LogP) is 4.40. The summed E-state index contributed by atoms with van der Waals surface area (Å²) in [6.07, 6.45) is 0.873. The fourth-order valence-electron chi connectivity index (χ4n) is 1.98. The summed E-state index contributed by atoms with van der Waals surface area (Å²) in [5, 5.41) is 0.797. The highest BCUT2D eigenvalue weighted by atomic mass is 35.5. The van der Waals surface area contributed by atoms with E-state index in [1.54, 1.807) is 0 Å². The van der Waals surface area contributed by atoms with E-state index >= 15 is 0 Å². The van der Waals surface area contributed by atoms with Gasteiger partial charge in [0.05, 0.1) is 6.61 Å². The van der Waals surface area contributed by atoms with Crippen molar-refractivity contribution in [2.24, 2.45) is 11.7 Å². The zero-order valence-electron chi connectivity index (χ0n) is 12.0. The van der Waals surface area contributed by atoms with Crippen LogP contribution in [0.4, 0.5) is 0 Å². The molecule has 1 rings (SSSR count). The molecular weight excluding hydrogens is 246 g/mol. The number of benzene rings is 1. The Morgan fingerprint density at radius 1 is 1.33 bits per heavy atom. The fourth-order valence-corrected chi connectivity index (χ4v) is 2.13. The van der Waals surface area contributed by atoms with Crippen molar-refractivity contribution >= 4 is 11.6 Å². The van der Waals surface area contributed by atoms with Crippen molar-refractivity contribution < 1.29 is 4.74 Å². The van der Waals surface area contributed by atoms with Crippen molar-refractivity contribution in [1.82, 2.24) is 0 Å². The van der Waals surface area contributed by atoms with E-state index in [0.29, 0.717) is 12.5 Å². The van der Waals surface area contributed by atoms with Crippen LogP contribution < -0.4 is 10.5 Å². The first-order valence-electron chi connectivity index (χ1n) is 6.56. The summed E-state index contributed by atoms with van der Waals surface area (Å²) in [5.74, 6) is 1.38. The highest BCUT2D eigenvalue weighted by molar-refractivity contribution is 6.32. The lowest BCUT2D eigenvalue weighted by Gasteiger charge is -2.21. The molecule has 18 heavy (non-hydrogen) atoms. The molecule has 0 fully saturated rings. The monoisotopic (exact) mass is 269 g/mol. The maximum Gasteiger partial charge on any atom is 0.124 e. The summed E-state index contributed by atoms with van der Waals surface area (Å²) < 4.78 is 5.90. The summed E-state index contributed by atoms with van der Waals surface area (Å²) in [7, 11) is 0. The molecule has 0 spiro atoms. The van der Waals surface area contributed by atoms with Crippen molar-refractivity contribution in [2.45, 2.75) is 47.1 Å². The van der Waals surface area contributed by atoms with Crippen LogP contribution in [-0.4, -0.2) is 6.61 Å². The molecule has 0 aromatic heterocycles. The predicted molar refractivity (Wildman–Crippen MR) is 78.5 cm³/mol. The summed E-state index contributed by atoms with van der Waals surface area (Å²) >= 11 is 6.31. The van der Waals surface area contributed by atoms with Crippen LogP contribution >= 0.6 is 11.6 Å². The number of hydrogen-bond donors (Lipinski definition) is 1. The molecule has 1 aromatic rings. The second-order valence-electron chi connectivity index (χ2n) is 5.26. The van der Waals surface area contributed by atoms with Gasteiger partial charge in [-0.1, -0.05) is 32.4 Å². The molecule has 2 N–H and O–H groups in total. The number of ether oxygens (including phenoxy) is 1. The normalized spacial score (nSPS) is 12.9. The third kappa shape index (κ3) is 3.39. The Hall–Kier alpha value is -0.730. The van der Waals surface area contributed by atoms with Crippen LogP contribution in [-0.2, 0) is 0 Å². The van der Waals surface area contributed by atoms with E-state index in [1.165, 1.54) is 0 Å². The van der Waals surface area contributed by atoms with Crippen molar-refractivity contribution in [3.8, 4) is 5.75 Å². The highest BCUT2D eigenvalue weighted by Crippen LogP contribution is 2.36. The lowest BCUT2D eigenvalue weighted by Crippen LogP contribution is -2.15. The average molecular weight is 270 g/mol. The zero-order valence-corrected chi connectivity index (χ0v) is 12.8. The van der Waals surface area contributed by atoms with Gasteiger partial charge in [-0.2, -0.15) is 0 Å². The summed E-state index contributed by atoms with van der Waals surface area (Å²) in [5.41, 5.74) is 9.32. The Labute approximate surface area is 115 Å². The summed E-state index contributed by atoms with van der Waals surface area (Å²) in [6, 6.07) is 1.98. The molecule has 3 heteroatoms. The van der Waals surface area contributed by atoms with Crippen LogP contribution in [0.5, 0.6) is 5.75 Å². The van der Waals surface area contributed by atoms with Gasteiger partial charge in [0.25, 0.3) is 0 Å². The second-order valence-corrected chi connectivity index (χ2v) is 5.64. The SMILES string of the molecule is CCC(N)c1c(OCC(C)C)cc(C)c(Cl)c1C. The van der Waals surface area contributed by atoms with E-state index in [4.69, 9.17) is 22.1 Å². The molecule has 0 radical (unpaired) electrons. The Balaban J connectivity index is 3.21. The molecule has 1 aromatic carbocycles. The van der Waals surface area contributed by atoms with E-state index in [1.807, 2.05) is 19.9 Å². The van der Waals surface area contributed by atoms with Gasteiger partial charge >= 0.3 is 0 Å². The summed E-state index contributed by atoms with van der Waals surface area (Å²) in [4.78, 5) is 0. The van der Waals surface area contributed by atoms with E-state index in [9.17, 15) is 0 Å². The smallest absolute Gasteiger partial charge is 0.124 e. The molecule has 0 aliphatic carbocycles. The van der Waals surface area contributed by atoms with E-state index < -0.39 is 0 Å². The largest absolute Gasteiger partial charge is 0.493 e. The van der Waals surface area contributed by atoms with Gasteiger partial charge in [0, 0.05) is 16.6 Å². The van der Waals surface area contributed by atoms with Crippen molar-refractivity contribution in [3.63, 3.8) is 0 Å². The summed E-state index contributed by atoms with van der Waals surface area (Å²) in [6.45, 7) is 11.1. The molecule has 1 unspecified atom stereocenters. The lowest BCUT2D eigenvalue weighted by atomic mass is 9.96. The van der Waals surface area contributed by atoms with Gasteiger partial charge in [0.2, 0.25) is 0 Å². The van der Waals surface area contributed by atoms with Crippen molar-refractivity contribution in [2.75, 3.05) is 6.61 Å². The second kappa shape index (κ2) is 6.44. The molecular formula is C15H24ClNO. The van der Waals surface area contributed by atoms with E-state index in [-0.39, 0.29) is 6.04 Å². The standard InChI is InChI=1S/C15H24ClNO/c1-6-12(17)14-11(5)15(16)10(4)7-13(14)18-8-9(2)3/h7,9,12H,6,8,17H2,1-5H3. The first-order valence-corrected chi connectivity index (χ1v) is 6.94. The highest BCUT2D eigenvalue weighted by Gasteiger charge is 2.18. The van der Waals surface area contributed by atoms with Gasteiger partial charge in [-0.05, 0) is 43.4 Å². The van der Waals surface area contributed by atoms with Crippen LogP contribution in [0.3, 0.4) is 0 Å². The minimum Gasteiger partial charge on any atom is -0.493 e. The van der Waals surface area contributed by atoms with Gasteiger partial charge in [0.1, 0.15) is 5.75 Å². The fraction of sp³-hybridized carbons (Fsp3) is 0.600. The van der Waals surface area contributed by atoms with Gasteiger partial charge in [0.15, 0.2) is 0 Å². The molecule has 0 aliphatic heterocycles. The number of aryl methyl sites for hydroxylation is 1. The Kier molecular flexibility index (Phi) is 5.48. The van der Waals surface area contributed by atoms with Gasteiger partial charge in [-0.3, -0.25) is 0 Å². The average Bonchev–Trinajstić information content (AvgIpc) is 2.32. The minimum absolute atomic E-state index is 0.0229. The molecule has 0 bridgehead atoms. The Morgan fingerprint density at radius 2 is 1.94 bits per heavy atom. The quantitative estimate of drug-likeness (QED) is 0.860. The minimum atomic E-state index is -0.0229. The number of halogens is 1. The number of hydrogen-bond acceptors (Lipinski definition) is 2. The molecule has 102 valence electrons. The van der Waals surface area contributed by atoms with Crippen LogP contribution in [0.1, 0.15) is 49.9 Å². The van der Waals surface area contributed by atoms with Crippen molar-refractivity contribution in [3.05, 3.63) is 27.8 Å². The van der Waals surface area contributed by atoms with E-state index in [0.717, 1.165) is 33.9 Å². The van der Waals surface area contributed by atoms with Crippen molar-refractivity contribution in [1.29, 1.82) is 0 Å².